The number of hydrogen-bond acceptors (Lipinski definition) is 3. The summed E-state index contributed by atoms with van der Waals surface area (Å²) < 4.78 is 10.7. The highest BCUT2D eigenvalue weighted by molar-refractivity contribution is 5.83. The van der Waals surface area contributed by atoms with Crippen LogP contribution in [-0.4, -0.2) is 37.8 Å². The lowest BCUT2D eigenvalue weighted by Crippen LogP contribution is -2.38. The number of urea groups is 1. The molecule has 0 spiro atoms. The van der Waals surface area contributed by atoms with Crippen LogP contribution in [0.25, 0.3) is 10.9 Å². The van der Waals surface area contributed by atoms with E-state index in [0.29, 0.717) is 25.4 Å². The average molecular weight is 353 g/mol. The summed E-state index contributed by atoms with van der Waals surface area (Å²) in [7, 11) is 1.61. The summed E-state index contributed by atoms with van der Waals surface area (Å²) >= 11 is 0. The smallest absolute Gasteiger partial charge is 0.314 e. The quantitative estimate of drug-likeness (QED) is 0.545. The molecule has 0 atom stereocenters. The minimum absolute atomic E-state index is 0.195. The van der Waals surface area contributed by atoms with E-state index >= 15 is 0 Å². The van der Waals surface area contributed by atoms with Gasteiger partial charge >= 0.3 is 6.03 Å². The molecule has 0 fully saturated rings. The Morgan fingerprint density at radius 3 is 2.73 bits per heavy atom. The molecule has 2 aromatic carbocycles. The number of H-pyrrole nitrogens is 1. The summed E-state index contributed by atoms with van der Waals surface area (Å²) in [5.41, 5.74) is 2.31. The van der Waals surface area contributed by atoms with Gasteiger partial charge in [0.25, 0.3) is 0 Å². The molecule has 6 nitrogen and oxygen atoms in total. The van der Waals surface area contributed by atoms with Crippen LogP contribution in [0.1, 0.15) is 5.56 Å². The number of nitrogens with one attached hydrogen (secondary N) is 3. The number of fused-ring (bicyclic) bond motifs is 1. The summed E-state index contributed by atoms with van der Waals surface area (Å²) in [5.74, 6) is 1.45. The van der Waals surface area contributed by atoms with E-state index in [2.05, 4.69) is 21.7 Å². The van der Waals surface area contributed by atoms with E-state index in [-0.39, 0.29) is 6.03 Å². The predicted molar refractivity (Wildman–Crippen MR) is 102 cm³/mol. The van der Waals surface area contributed by atoms with Crippen molar-refractivity contribution in [3.8, 4) is 11.5 Å². The summed E-state index contributed by atoms with van der Waals surface area (Å²) in [6, 6.07) is 15.3. The molecule has 2 amide bonds. The van der Waals surface area contributed by atoms with Crippen LogP contribution in [-0.2, 0) is 6.42 Å². The molecule has 0 bridgehead atoms. The number of carbonyl (C=O) groups is 1. The molecule has 3 N–H and O–H groups in total. The maximum absolute atomic E-state index is 11.8. The first kappa shape index (κ1) is 17.7. The first-order valence-corrected chi connectivity index (χ1v) is 8.60. The van der Waals surface area contributed by atoms with Gasteiger partial charge in [0, 0.05) is 29.7 Å². The number of benzene rings is 2. The molecule has 0 aliphatic carbocycles. The highest BCUT2D eigenvalue weighted by Crippen LogP contribution is 2.19. The van der Waals surface area contributed by atoms with Crippen LogP contribution >= 0.6 is 0 Å². The van der Waals surface area contributed by atoms with E-state index in [4.69, 9.17) is 9.47 Å². The number of carbonyl (C=O) groups excluding carboxylic acids is 1. The second-order valence-corrected chi connectivity index (χ2v) is 5.82. The highest BCUT2D eigenvalue weighted by atomic mass is 16.5. The van der Waals surface area contributed by atoms with Crippen molar-refractivity contribution in [2.45, 2.75) is 6.42 Å². The number of hydrogen-bond donors (Lipinski definition) is 3. The van der Waals surface area contributed by atoms with Gasteiger partial charge in [-0.2, -0.15) is 0 Å². The number of aromatic amines is 1. The SMILES string of the molecule is COc1cccc(OCCNC(=O)NCCc2c[nH]c3ccccc23)c1. The van der Waals surface area contributed by atoms with Crippen molar-refractivity contribution in [3.05, 3.63) is 60.3 Å². The van der Waals surface area contributed by atoms with Gasteiger partial charge in [-0.3, -0.25) is 0 Å². The Hall–Kier alpha value is -3.15. The van der Waals surface area contributed by atoms with Crippen molar-refractivity contribution in [2.24, 2.45) is 0 Å². The van der Waals surface area contributed by atoms with Crippen LogP contribution in [0.3, 0.4) is 0 Å². The minimum Gasteiger partial charge on any atom is -0.497 e. The fourth-order valence-electron chi connectivity index (χ4n) is 2.74. The third-order valence-corrected chi connectivity index (χ3v) is 4.05. The maximum Gasteiger partial charge on any atom is 0.314 e. The van der Waals surface area contributed by atoms with Gasteiger partial charge in [0.1, 0.15) is 18.1 Å². The van der Waals surface area contributed by atoms with Crippen LogP contribution in [0.2, 0.25) is 0 Å². The van der Waals surface area contributed by atoms with Gasteiger partial charge in [-0.1, -0.05) is 24.3 Å². The Labute approximate surface area is 152 Å². The molecule has 0 aliphatic rings. The molecule has 0 saturated carbocycles. The van der Waals surface area contributed by atoms with Crippen LogP contribution in [0.15, 0.2) is 54.7 Å². The molecule has 0 unspecified atom stereocenters. The summed E-state index contributed by atoms with van der Waals surface area (Å²) in [5, 5.41) is 6.84. The molecule has 3 aromatic rings. The Bertz CT molecular complexity index is 860. The molecular weight excluding hydrogens is 330 g/mol. The molecule has 26 heavy (non-hydrogen) atoms. The fraction of sp³-hybridized carbons (Fsp3) is 0.250. The third-order valence-electron chi connectivity index (χ3n) is 4.05. The number of rotatable bonds is 8. The van der Waals surface area contributed by atoms with Crippen molar-refractivity contribution in [2.75, 3.05) is 26.8 Å². The van der Waals surface area contributed by atoms with Crippen molar-refractivity contribution >= 4 is 16.9 Å². The van der Waals surface area contributed by atoms with Gasteiger partial charge in [0.05, 0.1) is 13.7 Å². The zero-order valence-electron chi connectivity index (χ0n) is 14.7. The monoisotopic (exact) mass is 353 g/mol. The van der Waals surface area contributed by atoms with E-state index < -0.39 is 0 Å². The zero-order valence-corrected chi connectivity index (χ0v) is 14.7. The second-order valence-electron chi connectivity index (χ2n) is 5.82. The molecule has 136 valence electrons. The molecule has 0 saturated heterocycles. The van der Waals surface area contributed by atoms with Gasteiger partial charge in [-0.25, -0.2) is 4.79 Å². The second kappa shape index (κ2) is 8.80. The number of methoxy groups -OCH3 is 1. The summed E-state index contributed by atoms with van der Waals surface area (Å²) in [6.45, 7) is 1.39. The zero-order chi connectivity index (χ0) is 18.2. The number of ether oxygens (including phenoxy) is 2. The lowest BCUT2D eigenvalue weighted by atomic mass is 10.1. The molecule has 0 aliphatic heterocycles. The first-order valence-electron chi connectivity index (χ1n) is 8.60. The van der Waals surface area contributed by atoms with Crippen LogP contribution in [0.5, 0.6) is 11.5 Å². The lowest BCUT2D eigenvalue weighted by Gasteiger charge is -2.09. The van der Waals surface area contributed by atoms with Crippen molar-refractivity contribution in [1.29, 1.82) is 0 Å². The third kappa shape index (κ3) is 4.69. The van der Waals surface area contributed by atoms with Crippen LogP contribution < -0.4 is 20.1 Å². The van der Waals surface area contributed by atoms with Crippen molar-refractivity contribution in [1.82, 2.24) is 15.6 Å². The van der Waals surface area contributed by atoms with Crippen LogP contribution in [0.4, 0.5) is 4.79 Å². The van der Waals surface area contributed by atoms with E-state index in [1.165, 1.54) is 10.9 Å². The molecule has 1 heterocycles. The van der Waals surface area contributed by atoms with E-state index in [1.807, 2.05) is 42.6 Å². The molecule has 0 radical (unpaired) electrons. The molecular formula is C20H23N3O3. The Morgan fingerprint density at radius 2 is 1.85 bits per heavy atom. The van der Waals surface area contributed by atoms with E-state index in [0.717, 1.165) is 17.7 Å². The Morgan fingerprint density at radius 1 is 1.04 bits per heavy atom. The fourth-order valence-corrected chi connectivity index (χ4v) is 2.74. The van der Waals surface area contributed by atoms with Crippen LogP contribution in [0, 0.1) is 0 Å². The minimum atomic E-state index is -0.195. The van der Waals surface area contributed by atoms with Gasteiger partial charge in [-0.05, 0) is 30.2 Å². The van der Waals surface area contributed by atoms with Gasteiger partial charge in [0.2, 0.25) is 0 Å². The van der Waals surface area contributed by atoms with Gasteiger partial charge in [-0.15, -0.1) is 0 Å². The molecule has 1 aromatic heterocycles. The molecule has 3 rings (SSSR count). The highest BCUT2D eigenvalue weighted by Gasteiger charge is 2.04. The molecule has 6 heteroatoms. The largest absolute Gasteiger partial charge is 0.497 e. The standard InChI is InChI=1S/C20H23N3O3/c1-25-16-5-4-6-17(13-16)26-12-11-22-20(24)21-10-9-15-14-23-19-8-3-2-7-18(15)19/h2-8,13-14,23H,9-12H2,1H3,(H2,21,22,24). The summed E-state index contributed by atoms with van der Waals surface area (Å²) in [4.78, 5) is 15.1. The van der Waals surface area contributed by atoms with Gasteiger partial charge in [0.15, 0.2) is 0 Å². The maximum atomic E-state index is 11.8. The first-order chi connectivity index (χ1) is 12.8. The average Bonchev–Trinajstić information content (AvgIpc) is 3.09. The normalized spacial score (nSPS) is 10.5. The number of para-hydroxylation sites is 1. The Kier molecular flexibility index (Phi) is 5.98. The topological polar surface area (TPSA) is 75.4 Å². The van der Waals surface area contributed by atoms with Gasteiger partial charge < -0.3 is 25.1 Å². The number of aromatic nitrogens is 1. The Balaban J connectivity index is 1.34. The van der Waals surface area contributed by atoms with E-state index in [1.54, 1.807) is 13.2 Å². The lowest BCUT2D eigenvalue weighted by molar-refractivity contribution is 0.236. The van der Waals surface area contributed by atoms with Crippen molar-refractivity contribution in [3.63, 3.8) is 0 Å². The summed E-state index contributed by atoms with van der Waals surface area (Å²) in [6.07, 6.45) is 2.77. The predicted octanol–water partition coefficient (Wildman–Crippen LogP) is 3.10. The van der Waals surface area contributed by atoms with E-state index in [9.17, 15) is 4.79 Å². The number of amides is 2. The van der Waals surface area contributed by atoms with Crippen molar-refractivity contribution < 1.29 is 14.3 Å².